The van der Waals surface area contributed by atoms with Crippen LogP contribution in [-0.4, -0.2) is 58.6 Å². The molecule has 0 aliphatic carbocycles. The standard InChI is InChI=1S/C19H20ClNO5S/c1-27-19-16(17(24)12-6-2-3-7-14(12)20)13(9-15(22)23)18(25)21(19)10-11-5-4-8-26-11/h2-3,6-7,11,19H,4-5,8-10H2,1H3,(H,22,23)/t11-,19+/m0/s1. The highest BCUT2D eigenvalue weighted by molar-refractivity contribution is 7.99. The summed E-state index contributed by atoms with van der Waals surface area (Å²) >= 11 is 7.50. The summed E-state index contributed by atoms with van der Waals surface area (Å²) in [5, 5.41) is 8.99. The predicted molar refractivity (Wildman–Crippen MR) is 103 cm³/mol. The van der Waals surface area contributed by atoms with Crippen LogP contribution in [0.1, 0.15) is 29.6 Å². The van der Waals surface area contributed by atoms with Crippen molar-refractivity contribution in [3.63, 3.8) is 0 Å². The maximum Gasteiger partial charge on any atom is 0.308 e. The van der Waals surface area contributed by atoms with Gasteiger partial charge in [0.1, 0.15) is 5.37 Å². The van der Waals surface area contributed by atoms with Gasteiger partial charge in [-0.2, -0.15) is 0 Å². The fourth-order valence-corrected chi connectivity index (χ4v) is 4.64. The van der Waals surface area contributed by atoms with Gasteiger partial charge in [-0.15, -0.1) is 11.8 Å². The zero-order chi connectivity index (χ0) is 19.6. The van der Waals surface area contributed by atoms with Crippen molar-refractivity contribution in [3.8, 4) is 0 Å². The fourth-order valence-electron chi connectivity index (χ4n) is 3.49. The number of rotatable bonds is 7. The van der Waals surface area contributed by atoms with E-state index in [4.69, 9.17) is 16.3 Å². The van der Waals surface area contributed by atoms with Gasteiger partial charge in [-0.05, 0) is 31.2 Å². The third-order valence-electron chi connectivity index (χ3n) is 4.71. The first-order valence-electron chi connectivity index (χ1n) is 8.63. The lowest BCUT2D eigenvalue weighted by atomic mass is 9.98. The third kappa shape index (κ3) is 4.05. The highest BCUT2D eigenvalue weighted by Gasteiger charge is 2.44. The number of carbonyl (C=O) groups excluding carboxylic acids is 2. The van der Waals surface area contributed by atoms with E-state index in [9.17, 15) is 19.5 Å². The van der Waals surface area contributed by atoms with E-state index >= 15 is 0 Å². The number of ketones is 1. The van der Waals surface area contributed by atoms with Crippen molar-refractivity contribution in [1.82, 2.24) is 4.90 Å². The minimum Gasteiger partial charge on any atom is -0.481 e. The summed E-state index contributed by atoms with van der Waals surface area (Å²) in [6.45, 7) is 0.990. The van der Waals surface area contributed by atoms with Gasteiger partial charge in [0.25, 0.3) is 5.91 Å². The number of amides is 1. The molecule has 0 aromatic heterocycles. The molecular formula is C19H20ClNO5S. The molecule has 0 saturated carbocycles. The molecule has 27 heavy (non-hydrogen) atoms. The van der Waals surface area contributed by atoms with Crippen molar-refractivity contribution in [3.05, 3.63) is 46.0 Å². The van der Waals surface area contributed by atoms with E-state index in [0.717, 1.165) is 12.8 Å². The smallest absolute Gasteiger partial charge is 0.308 e. The summed E-state index contributed by atoms with van der Waals surface area (Å²) in [4.78, 5) is 39.1. The number of carboxylic acids is 1. The van der Waals surface area contributed by atoms with Gasteiger partial charge >= 0.3 is 5.97 Å². The third-order valence-corrected chi connectivity index (χ3v) is 5.98. The van der Waals surface area contributed by atoms with Crippen LogP contribution in [0, 0.1) is 0 Å². The summed E-state index contributed by atoms with van der Waals surface area (Å²) in [5.74, 6) is -1.97. The monoisotopic (exact) mass is 409 g/mol. The molecule has 2 heterocycles. The van der Waals surface area contributed by atoms with Crippen molar-refractivity contribution >= 4 is 41.0 Å². The van der Waals surface area contributed by atoms with Gasteiger partial charge in [-0.3, -0.25) is 14.4 Å². The van der Waals surface area contributed by atoms with E-state index in [1.807, 2.05) is 0 Å². The van der Waals surface area contributed by atoms with Gasteiger partial charge in [-0.1, -0.05) is 23.7 Å². The Morgan fingerprint density at radius 1 is 1.37 bits per heavy atom. The van der Waals surface area contributed by atoms with Crippen LogP contribution in [0.25, 0.3) is 0 Å². The first-order chi connectivity index (χ1) is 12.9. The zero-order valence-electron chi connectivity index (χ0n) is 14.8. The molecule has 8 heteroatoms. The van der Waals surface area contributed by atoms with Gasteiger partial charge in [-0.25, -0.2) is 0 Å². The summed E-state index contributed by atoms with van der Waals surface area (Å²) in [7, 11) is 0. The maximum atomic E-state index is 13.2. The number of hydrogen-bond acceptors (Lipinski definition) is 5. The Bertz CT molecular complexity index is 803. The van der Waals surface area contributed by atoms with Gasteiger partial charge in [0.15, 0.2) is 5.78 Å². The lowest BCUT2D eigenvalue weighted by Crippen LogP contribution is -2.40. The second-order valence-corrected chi connectivity index (χ2v) is 7.78. The second kappa shape index (κ2) is 8.46. The van der Waals surface area contributed by atoms with Gasteiger partial charge < -0.3 is 14.7 Å². The Hall–Kier alpha value is -1.83. The van der Waals surface area contributed by atoms with Crippen molar-refractivity contribution < 1.29 is 24.2 Å². The number of aliphatic carboxylic acids is 1. The molecule has 2 aliphatic heterocycles. The Balaban J connectivity index is 2.00. The first-order valence-corrected chi connectivity index (χ1v) is 10.3. The van der Waals surface area contributed by atoms with Crippen molar-refractivity contribution in [2.45, 2.75) is 30.7 Å². The van der Waals surface area contributed by atoms with E-state index in [-0.39, 0.29) is 27.8 Å². The molecule has 1 saturated heterocycles. The quantitative estimate of drug-likeness (QED) is 0.697. The molecular weight excluding hydrogens is 390 g/mol. The number of carboxylic acid groups (broad SMARTS) is 1. The second-order valence-electron chi connectivity index (χ2n) is 6.45. The number of ether oxygens (including phenoxy) is 1. The largest absolute Gasteiger partial charge is 0.481 e. The molecule has 3 rings (SSSR count). The Morgan fingerprint density at radius 2 is 2.11 bits per heavy atom. The molecule has 2 atom stereocenters. The van der Waals surface area contributed by atoms with Crippen LogP contribution >= 0.6 is 23.4 Å². The highest BCUT2D eigenvalue weighted by atomic mass is 35.5. The number of halogens is 1. The number of Topliss-reactive ketones (excluding diaryl/α,β-unsaturated/α-hetero) is 1. The molecule has 6 nitrogen and oxygen atoms in total. The van der Waals surface area contributed by atoms with Crippen LogP contribution in [0.5, 0.6) is 0 Å². The van der Waals surface area contributed by atoms with E-state index in [0.29, 0.717) is 13.2 Å². The number of benzene rings is 1. The Morgan fingerprint density at radius 3 is 2.70 bits per heavy atom. The molecule has 1 fully saturated rings. The van der Waals surface area contributed by atoms with Crippen molar-refractivity contribution in [1.29, 1.82) is 0 Å². The number of carbonyl (C=O) groups is 3. The van der Waals surface area contributed by atoms with Crippen LogP contribution in [0.4, 0.5) is 0 Å². The normalized spacial score (nSPS) is 22.6. The van der Waals surface area contributed by atoms with Crippen molar-refractivity contribution in [2.75, 3.05) is 19.4 Å². The van der Waals surface area contributed by atoms with Crippen molar-refractivity contribution in [2.24, 2.45) is 0 Å². The van der Waals surface area contributed by atoms with Crippen LogP contribution in [-0.2, 0) is 14.3 Å². The number of thioether (sulfide) groups is 1. The first kappa shape index (κ1) is 19.9. The SMILES string of the molecule is CS[C@@H]1C(C(=O)c2ccccc2Cl)=C(CC(=O)O)C(=O)N1C[C@@H]1CCCO1. The average molecular weight is 410 g/mol. The predicted octanol–water partition coefficient (Wildman–Crippen LogP) is 3.00. The summed E-state index contributed by atoms with van der Waals surface area (Å²) in [5.41, 5.74) is 0.508. The van der Waals surface area contributed by atoms with Gasteiger partial charge in [0.2, 0.25) is 0 Å². The van der Waals surface area contributed by atoms with Gasteiger partial charge in [0.05, 0.1) is 17.5 Å². The summed E-state index contributed by atoms with van der Waals surface area (Å²) in [6, 6.07) is 6.58. The molecule has 0 bridgehead atoms. The Kier molecular flexibility index (Phi) is 6.24. The van der Waals surface area contributed by atoms with E-state index in [2.05, 4.69) is 0 Å². The molecule has 1 aromatic carbocycles. The van der Waals surface area contributed by atoms with Crippen LogP contribution in [0.2, 0.25) is 5.02 Å². The summed E-state index contributed by atoms with van der Waals surface area (Å²) in [6.07, 6.45) is 2.97. The average Bonchev–Trinajstić information content (AvgIpc) is 3.23. The highest BCUT2D eigenvalue weighted by Crippen LogP contribution is 2.37. The van der Waals surface area contributed by atoms with Gasteiger partial charge in [0, 0.05) is 29.9 Å². The minimum absolute atomic E-state index is 0.0322. The summed E-state index contributed by atoms with van der Waals surface area (Å²) < 4.78 is 5.63. The number of hydrogen-bond donors (Lipinski definition) is 1. The van der Waals surface area contributed by atoms with Crippen LogP contribution < -0.4 is 0 Å². The van der Waals surface area contributed by atoms with E-state index < -0.39 is 29.5 Å². The minimum atomic E-state index is -1.15. The van der Waals surface area contributed by atoms with Crippen LogP contribution in [0.15, 0.2) is 35.4 Å². The molecule has 0 radical (unpaired) electrons. The van der Waals surface area contributed by atoms with E-state index in [1.54, 1.807) is 35.4 Å². The van der Waals surface area contributed by atoms with E-state index in [1.165, 1.54) is 11.8 Å². The lowest BCUT2D eigenvalue weighted by Gasteiger charge is -2.27. The molecule has 0 spiro atoms. The molecule has 1 N–H and O–H groups in total. The molecule has 2 aliphatic rings. The number of nitrogens with zero attached hydrogens (tertiary/aromatic N) is 1. The molecule has 144 valence electrons. The molecule has 0 unspecified atom stereocenters. The van der Waals surface area contributed by atoms with Crippen LogP contribution in [0.3, 0.4) is 0 Å². The maximum absolute atomic E-state index is 13.2. The topological polar surface area (TPSA) is 83.9 Å². The zero-order valence-corrected chi connectivity index (χ0v) is 16.4. The lowest BCUT2D eigenvalue weighted by molar-refractivity contribution is -0.137. The molecule has 1 aromatic rings. The molecule has 1 amide bonds. The fraction of sp³-hybridized carbons (Fsp3) is 0.421. The Labute approximate surface area is 166 Å².